The standard InChI is InChI=1S/C16H18Cl2N2O4/c17-10-3-4-13(12(18)7-10)24-9-11(21)8-20-14(22)16(19-15(20)23)5-1-2-6-16/h3-4,7,11,21H,1-2,5-6,8-9H2,(H,19,23). The third kappa shape index (κ3) is 3.31. The Morgan fingerprint density at radius 2 is 2.00 bits per heavy atom. The predicted molar refractivity (Wildman–Crippen MR) is 89.4 cm³/mol. The first kappa shape index (κ1) is 17.3. The van der Waals surface area contributed by atoms with E-state index in [1.807, 2.05) is 0 Å². The van der Waals surface area contributed by atoms with Crippen molar-refractivity contribution < 1.29 is 19.4 Å². The van der Waals surface area contributed by atoms with E-state index in [-0.39, 0.29) is 19.1 Å². The zero-order chi connectivity index (χ0) is 17.3. The first-order valence-electron chi connectivity index (χ1n) is 7.81. The van der Waals surface area contributed by atoms with Crippen molar-refractivity contribution in [3.8, 4) is 5.75 Å². The molecule has 1 heterocycles. The molecule has 1 aromatic carbocycles. The summed E-state index contributed by atoms with van der Waals surface area (Å²) in [6.45, 7) is -0.205. The molecule has 1 unspecified atom stereocenters. The molecular weight excluding hydrogens is 355 g/mol. The van der Waals surface area contributed by atoms with E-state index >= 15 is 0 Å². The number of urea groups is 1. The summed E-state index contributed by atoms with van der Waals surface area (Å²) in [4.78, 5) is 25.6. The van der Waals surface area contributed by atoms with Gasteiger partial charge < -0.3 is 15.2 Å². The van der Waals surface area contributed by atoms with E-state index in [2.05, 4.69) is 5.32 Å². The molecular formula is C16H18Cl2N2O4. The number of amides is 3. The van der Waals surface area contributed by atoms with Crippen LogP contribution in [0.5, 0.6) is 5.75 Å². The average molecular weight is 373 g/mol. The summed E-state index contributed by atoms with van der Waals surface area (Å²) in [6, 6.07) is 4.30. The quantitative estimate of drug-likeness (QED) is 0.778. The number of hydrogen-bond acceptors (Lipinski definition) is 4. The SMILES string of the molecule is O=C1NC2(CCCC2)C(=O)N1CC(O)COc1ccc(Cl)cc1Cl. The smallest absolute Gasteiger partial charge is 0.325 e. The van der Waals surface area contributed by atoms with Crippen LogP contribution in [-0.2, 0) is 4.79 Å². The van der Waals surface area contributed by atoms with Crippen LogP contribution in [0, 0.1) is 0 Å². The fraction of sp³-hybridized carbons (Fsp3) is 0.500. The number of ether oxygens (including phenoxy) is 1. The van der Waals surface area contributed by atoms with Gasteiger partial charge in [0, 0.05) is 5.02 Å². The molecule has 1 spiro atoms. The Bertz CT molecular complexity index is 661. The van der Waals surface area contributed by atoms with Gasteiger partial charge in [0.2, 0.25) is 0 Å². The van der Waals surface area contributed by atoms with Gasteiger partial charge in [0.15, 0.2) is 0 Å². The van der Waals surface area contributed by atoms with E-state index in [1.165, 1.54) is 6.07 Å². The van der Waals surface area contributed by atoms with E-state index in [9.17, 15) is 14.7 Å². The average Bonchev–Trinajstić information content (AvgIpc) is 3.08. The molecule has 3 amide bonds. The van der Waals surface area contributed by atoms with Crippen molar-refractivity contribution in [2.45, 2.75) is 37.3 Å². The van der Waals surface area contributed by atoms with Crippen LogP contribution < -0.4 is 10.1 Å². The van der Waals surface area contributed by atoms with Crippen LogP contribution in [0.15, 0.2) is 18.2 Å². The highest BCUT2D eigenvalue weighted by Crippen LogP contribution is 2.35. The molecule has 24 heavy (non-hydrogen) atoms. The number of benzene rings is 1. The van der Waals surface area contributed by atoms with Crippen molar-refractivity contribution in [1.82, 2.24) is 10.2 Å². The maximum atomic E-state index is 12.5. The Hall–Kier alpha value is -1.50. The van der Waals surface area contributed by atoms with Crippen LogP contribution in [0.25, 0.3) is 0 Å². The van der Waals surface area contributed by atoms with Gasteiger partial charge in [-0.2, -0.15) is 0 Å². The zero-order valence-corrected chi connectivity index (χ0v) is 14.4. The fourth-order valence-electron chi connectivity index (χ4n) is 3.20. The Morgan fingerprint density at radius 3 is 2.67 bits per heavy atom. The van der Waals surface area contributed by atoms with E-state index in [1.54, 1.807) is 12.1 Å². The normalized spacial score (nSPS) is 20.5. The number of β-amino-alcohol motifs (C(OH)–C–C–N with tert-alkyl or cyclic N) is 1. The zero-order valence-electron chi connectivity index (χ0n) is 12.9. The number of aliphatic hydroxyl groups is 1. The first-order valence-corrected chi connectivity index (χ1v) is 8.57. The fourth-order valence-corrected chi connectivity index (χ4v) is 3.66. The van der Waals surface area contributed by atoms with Crippen molar-refractivity contribution in [2.24, 2.45) is 0 Å². The van der Waals surface area contributed by atoms with E-state index in [0.717, 1.165) is 17.7 Å². The molecule has 1 aromatic rings. The number of imide groups is 1. The topological polar surface area (TPSA) is 78.9 Å². The lowest BCUT2D eigenvalue weighted by atomic mass is 9.98. The van der Waals surface area contributed by atoms with Crippen LogP contribution in [-0.4, -0.2) is 46.7 Å². The van der Waals surface area contributed by atoms with Gasteiger partial charge in [0.1, 0.15) is 24.0 Å². The van der Waals surface area contributed by atoms with Gasteiger partial charge in [0.05, 0.1) is 11.6 Å². The van der Waals surface area contributed by atoms with Crippen LogP contribution in [0.2, 0.25) is 10.0 Å². The molecule has 3 rings (SSSR count). The summed E-state index contributed by atoms with van der Waals surface area (Å²) >= 11 is 11.8. The van der Waals surface area contributed by atoms with Crippen molar-refractivity contribution >= 4 is 35.1 Å². The van der Waals surface area contributed by atoms with Gasteiger partial charge in [-0.1, -0.05) is 36.0 Å². The lowest BCUT2D eigenvalue weighted by Gasteiger charge is -2.21. The van der Waals surface area contributed by atoms with Crippen molar-refractivity contribution in [3.63, 3.8) is 0 Å². The molecule has 0 bridgehead atoms. The molecule has 6 nitrogen and oxygen atoms in total. The minimum Gasteiger partial charge on any atom is -0.489 e. The van der Waals surface area contributed by atoms with Gasteiger partial charge >= 0.3 is 6.03 Å². The summed E-state index contributed by atoms with van der Waals surface area (Å²) in [5.74, 6) is 0.123. The molecule has 0 radical (unpaired) electrons. The number of halogens is 2. The van der Waals surface area contributed by atoms with E-state index in [0.29, 0.717) is 28.6 Å². The Labute approximate surface area is 149 Å². The summed E-state index contributed by atoms with van der Waals surface area (Å²) in [5.41, 5.74) is -0.767. The molecule has 1 saturated carbocycles. The number of nitrogens with zero attached hydrogens (tertiary/aromatic N) is 1. The first-order chi connectivity index (χ1) is 11.4. The number of aliphatic hydroxyl groups excluding tert-OH is 1. The molecule has 8 heteroatoms. The minimum atomic E-state index is -1.01. The summed E-state index contributed by atoms with van der Waals surface area (Å²) in [5, 5.41) is 13.7. The molecule has 1 aliphatic carbocycles. The third-order valence-corrected chi connectivity index (χ3v) is 4.95. The minimum absolute atomic E-state index is 0.0919. The monoisotopic (exact) mass is 372 g/mol. The lowest BCUT2D eigenvalue weighted by molar-refractivity contribution is -0.132. The van der Waals surface area contributed by atoms with Crippen LogP contribution in [0.3, 0.4) is 0 Å². The highest BCUT2D eigenvalue weighted by atomic mass is 35.5. The van der Waals surface area contributed by atoms with Gasteiger partial charge in [-0.05, 0) is 31.0 Å². The van der Waals surface area contributed by atoms with Crippen LogP contribution in [0.4, 0.5) is 4.79 Å². The maximum Gasteiger partial charge on any atom is 0.325 e. The van der Waals surface area contributed by atoms with Crippen molar-refractivity contribution in [1.29, 1.82) is 0 Å². The van der Waals surface area contributed by atoms with Gasteiger partial charge in [-0.3, -0.25) is 9.69 Å². The highest BCUT2D eigenvalue weighted by molar-refractivity contribution is 6.35. The van der Waals surface area contributed by atoms with Gasteiger partial charge in [0.25, 0.3) is 5.91 Å². The molecule has 2 aliphatic rings. The van der Waals surface area contributed by atoms with Gasteiger partial charge in [-0.15, -0.1) is 0 Å². The van der Waals surface area contributed by atoms with Gasteiger partial charge in [-0.25, -0.2) is 4.79 Å². The molecule has 2 fully saturated rings. The van der Waals surface area contributed by atoms with Crippen molar-refractivity contribution in [2.75, 3.05) is 13.2 Å². The molecule has 1 atom stereocenters. The number of hydrogen-bond donors (Lipinski definition) is 2. The van der Waals surface area contributed by atoms with Crippen LogP contribution in [0.1, 0.15) is 25.7 Å². The van der Waals surface area contributed by atoms with E-state index in [4.69, 9.17) is 27.9 Å². The second-order valence-corrected chi connectivity index (χ2v) is 7.02. The molecule has 1 aliphatic heterocycles. The third-order valence-electron chi connectivity index (χ3n) is 4.42. The van der Waals surface area contributed by atoms with E-state index < -0.39 is 17.7 Å². The Balaban J connectivity index is 1.57. The predicted octanol–water partition coefficient (Wildman–Crippen LogP) is 2.60. The number of carbonyl (C=O) groups excluding carboxylic acids is 2. The number of nitrogens with one attached hydrogen (secondary N) is 1. The number of rotatable bonds is 5. The maximum absolute atomic E-state index is 12.5. The van der Waals surface area contributed by atoms with Crippen molar-refractivity contribution in [3.05, 3.63) is 28.2 Å². The highest BCUT2D eigenvalue weighted by Gasteiger charge is 2.52. The second kappa shape index (κ2) is 6.78. The number of carbonyl (C=O) groups is 2. The Kier molecular flexibility index (Phi) is 4.90. The second-order valence-electron chi connectivity index (χ2n) is 6.17. The summed E-state index contributed by atoms with van der Waals surface area (Å²) in [7, 11) is 0. The lowest BCUT2D eigenvalue weighted by Crippen LogP contribution is -2.45. The Morgan fingerprint density at radius 1 is 1.29 bits per heavy atom. The largest absolute Gasteiger partial charge is 0.489 e. The molecule has 1 saturated heterocycles. The van der Waals surface area contributed by atoms with Crippen LogP contribution >= 0.6 is 23.2 Å². The molecule has 2 N–H and O–H groups in total. The molecule has 130 valence electrons. The summed E-state index contributed by atoms with van der Waals surface area (Å²) in [6.07, 6.45) is 2.13. The molecule has 0 aromatic heterocycles. The summed E-state index contributed by atoms with van der Waals surface area (Å²) < 4.78 is 5.44.